The Morgan fingerprint density at radius 3 is 2.77 bits per heavy atom. The molecule has 3 aromatic heterocycles. The number of pyridine rings is 1. The van der Waals surface area contributed by atoms with Gasteiger partial charge in [0, 0.05) is 10.4 Å². The lowest BCUT2D eigenvalue weighted by Crippen LogP contribution is -2.12. The van der Waals surface area contributed by atoms with Crippen LogP contribution in [0.5, 0.6) is 0 Å². The molecule has 3 N–H and O–H groups in total. The number of nitrogens with zero attached hydrogens (tertiary/aromatic N) is 1. The summed E-state index contributed by atoms with van der Waals surface area (Å²) in [6.45, 7) is 0. The zero-order valence-corrected chi connectivity index (χ0v) is 16.3. The third-order valence-electron chi connectivity index (χ3n) is 3.75. The van der Waals surface area contributed by atoms with Gasteiger partial charge in [0.2, 0.25) is 0 Å². The fraction of sp³-hybridized carbons (Fsp3) is 0. The lowest BCUT2D eigenvalue weighted by molar-refractivity contribution is 0.103. The van der Waals surface area contributed by atoms with Crippen molar-refractivity contribution in [2.75, 3.05) is 11.1 Å². The van der Waals surface area contributed by atoms with E-state index in [1.807, 2.05) is 29.6 Å². The van der Waals surface area contributed by atoms with Crippen molar-refractivity contribution in [2.24, 2.45) is 0 Å². The average molecular weight is 420 g/mol. The molecule has 4 aromatic rings. The number of carbonyl (C=O) groups is 1. The van der Waals surface area contributed by atoms with Gasteiger partial charge in [-0.3, -0.25) is 4.79 Å². The molecule has 0 saturated carbocycles. The molecule has 4 rings (SSSR count). The predicted molar refractivity (Wildman–Crippen MR) is 112 cm³/mol. The summed E-state index contributed by atoms with van der Waals surface area (Å²) in [7, 11) is 0. The van der Waals surface area contributed by atoms with Crippen molar-refractivity contribution in [1.82, 2.24) is 4.98 Å². The number of amides is 1. The number of nitrogens with one attached hydrogen (secondary N) is 1. The molecule has 0 bridgehead atoms. The molecule has 0 unspecified atom stereocenters. The molecule has 0 aliphatic rings. The van der Waals surface area contributed by atoms with E-state index >= 15 is 0 Å². The monoisotopic (exact) mass is 419 g/mol. The number of thiophene rings is 2. The summed E-state index contributed by atoms with van der Waals surface area (Å²) < 4.78 is 0. The van der Waals surface area contributed by atoms with E-state index < -0.39 is 0 Å². The number of carbonyl (C=O) groups excluding carboxylic acids is 1. The molecule has 8 heteroatoms. The first kappa shape index (κ1) is 17.3. The lowest BCUT2D eigenvalue weighted by Gasteiger charge is -2.07. The summed E-state index contributed by atoms with van der Waals surface area (Å²) in [5.41, 5.74) is 7.89. The van der Waals surface area contributed by atoms with Gasteiger partial charge in [-0.1, -0.05) is 29.3 Å². The zero-order valence-electron chi connectivity index (χ0n) is 13.1. The van der Waals surface area contributed by atoms with Crippen LogP contribution >= 0.6 is 45.9 Å². The molecule has 4 nitrogen and oxygen atoms in total. The standard InChI is InChI=1S/C18H11Cl2N3OS2/c19-9-3-5-11(20)13(8-9)22-17(24)16-15(21)10-4-6-12(23-18(10)26-16)14-2-1-7-25-14/h1-8H,21H2,(H,22,24). The minimum absolute atomic E-state index is 0.340. The first-order valence-electron chi connectivity index (χ1n) is 7.52. The van der Waals surface area contributed by atoms with E-state index in [1.54, 1.807) is 29.5 Å². The van der Waals surface area contributed by atoms with E-state index in [0.717, 1.165) is 20.8 Å². The molecule has 1 aromatic carbocycles. The van der Waals surface area contributed by atoms with Gasteiger partial charge in [0.25, 0.3) is 5.91 Å². The Bertz CT molecular complexity index is 1120. The molecule has 0 atom stereocenters. The van der Waals surface area contributed by atoms with Gasteiger partial charge in [0.1, 0.15) is 9.71 Å². The predicted octanol–water partition coefficient (Wildman–Crippen LogP) is 6.17. The third kappa shape index (κ3) is 3.17. The van der Waals surface area contributed by atoms with Gasteiger partial charge >= 0.3 is 0 Å². The number of hydrogen-bond donors (Lipinski definition) is 2. The Balaban J connectivity index is 1.71. The Labute approximate surface area is 167 Å². The van der Waals surface area contributed by atoms with Crippen LogP contribution in [0.3, 0.4) is 0 Å². The molecule has 1 amide bonds. The Morgan fingerprint density at radius 1 is 1.15 bits per heavy atom. The van der Waals surface area contributed by atoms with Gasteiger partial charge in [0.05, 0.1) is 27.0 Å². The Morgan fingerprint density at radius 2 is 2.00 bits per heavy atom. The highest BCUT2D eigenvalue weighted by molar-refractivity contribution is 7.21. The van der Waals surface area contributed by atoms with E-state index in [0.29, 0.717) is 26.3 Å². The average Bonchev–Trinajstić information content (AvgIpc) is 3.26. The van der Waals surface area contributed by atoms with Gasteiger partial charge in [-0.25, -0.2) is 4.98 Å². The first-order chi connectivity index (χ1) is 12.5. The number of nitrogen functional groups attached to an aromatic ring is 1. The highest BCUT2D eigenvalue weighted by Crippen LogP contribution is 2.36. The Kier molecular flexibility index (Phi) is 4.58. The molecule has 26 heavy (non-hydrogen) atoms. The van der Waals surface area contributed by atoms with Crippen LogP contribution in [0.1, 0.15) is 9.67 Å². The maximum atomic E-state index is 12.7. The fourth-order valence-corrected chi connectivity index (χ4v) is 4.52. The summed E-state index contributed by atoms with van der Waals surface area (Å²) in [6.07, 6.45) is 0. The van der Waals surface area contributed by atoms with Crippen molar-refractivity contribution in [3.05, 3.63) is 62.8 Å². The maximum Gasteiger partial charge on any atom is 0.267 e. The summed E-state index contributed by atoms with van der Waals surface area (Å²) in [5.74, 6) is -0.340. The molecule has 0 spiro atoms. The van der Waals surface area contributed by atoms with Gasteiger partial charge in [0.15, 0.2) is 0 Å². The van der Waals surface area contributed by atoms with Crippen molar-refractivity contribution >= 4 is 73.4 Å². The lowest BCUT2D eigenvalue weighted by atomic mass is 10.2. The van der Waals surface area contributed by atoms with E-state index in [4.69, 9.17) is 28.9 Å². The van der Waals surface area contributed by atoms with E-state index in [1.165, 1.54) is 11.3 Å². The van der Waals surface area contributed by atoms with E-state index in [-0.39, 0.29) is 5.91 Å². The van der Waals surface area contributed by atoms with Crippen molar-refractivity contribution in [3.63, 3.8) is 0 Å². The number of anilines is 2. The topological polar surface area (TPSA) is 68.0 Å². The van der Waals surface area contributed by atoms with Gasteiger partial charge in [-0.15, -0.1) is 22.7 Å². The largest absolute Gasteiger partial charge is 0.397 e. The number of nitrogens with two attached hydrogens (primary N) is 1. The number of halogens is 2. The second-order valence-electron chi connectivity index (χ2n) is 5.45. The van der Waals surface area contributed by atoms with Crippen LogP contribution in [0.25, 0.3) is 20.8 Å². The van der Waals surface area contributed by atoms with E-state index in [9.17, 15) is 4.79 Å². The molecule has 0 fully saturated rings. The van der Waals surface area contributed by atoms with Crippen LogP contribution in [0.4, 0.5) is 11.4 Å². The minimum atomic E-state index is -0.340. The number of aromatic nitrogens is 1. The SMILES string of the molecule is Nc1c(C(=O)Nc2cc(Cl)ccc2Cl)sc2nc(-c3cccs3)ccc12. The number of benzene rings is 1. The maximum absolute atomic E-state index is 12.7. The van der Waals surface area contributed by atoms with Gasteiger partial charge in [-0.2, -0.15) is 0 Å². The quantitative estimate of drug-likeness (QED) is 0.417. The van der Waals surface area contributed by atoms with Crippen LogP contribution < -0.4 is 11.1 Å². The van der Waals surface area contributed by atoms with Crippen molar-refractivity contribution in [2.45, 2.75) is 0 Å². The van der Waals surface area contributed by atoms with Crippen LogP contribution in [-0.4, -0.2) is 10.9 Å². The van der Waals surface area contributed by atoms with Crippen molar-refractivity contribution in [3.8, 4) is 10.6 Å². The Hall–Kier alpha value is -2.12. The van der Waals surface area contributed by atoms with Crippen LogP contribution in [0.15, 0.2) is 47.8 Å². The molecule has 0 radical (unpaired) electrons. The van der Waals surface area contributed by atoms with Gasteiger partial charge in [-0.05, 0) is 41.8 Å². The molecular weight excluding hydrogens is 409 g/mol. The summed E-state index contributed by atoms with van der Waals surface area (Å²) in [6, 6.07) is 12.7. The molecule has 3 heterocycles. The number of fused-ring (bicyclic) bond motifs is 1. The van der Waals surface area contributed by atoms with Gasteiger partial charge < -0.3 is 11.1 Å². The highest BCUT2D eigenvalue weighted by atomic mass is 35.5. The summed E-state index contributed by atoms with van der Waals surface area (Å²) in [5, 5.41) is 6.41. The summed E-state index contributed by atoms with van der Waals surface area (Å²) in [4.78, 5) is 19.5. The van der Waals surface area contributed by atoms with Crippen molar-refractivity contribution < 1.29 is 4.79 Å². The molecule has 0 saturated heterocycles. The number of rotatable bonds is 3. The van der Waals surface area contributed by atoms with Crippen LogP contribution in [-0.2, 0) is 0 Å². The second kappa shape index (κ2) is 6.89. The molecular formula is C18H11Cl2N3OS2. The molecule has 130 valence electrons. The molecule has 0 aliphatic carbocycles. The fourth-order valence-electron chi connectivity index (χ4n) is 2.50. The van der Waals surface area contributed by atoms with Crippen LogP contribution in [0.2, 0.25) is 10.0 Å². The van der Waals surface area contributed by atoms with E-state index in [2.05, 4.69) is 10.3 Å². The highest BCUT2D eigenvalue weighted by Gasteiger charge is 2.19. The second-order valence-corrected chi connectivity index (χ2v) is 8.24. The third-order valence-corrected chi connectivity index (χ3v) is 6.32. The zero-order chi connectivity index (χ0) is 18.3. The molecule has 0 aliphatic heterocycles. The first-order valence-corrected chi connectivity index (χ1v) is 9.97. The normalized spacial score (nSPS) is 11.0. The summed E-state index contributed by atoms with van der Waals surface area (Å²) >= 11 is 14.9. The minimum Gasteiger partial charge on any atom is -0.397 e. The van der Waals surface area contributed by atoms with Crippen molar-refractivity contribution in [1.29, 1.82) is 0 Å². The number of hydrogen-bond acceptors (Lipinski definition) is 5. The van der Waals surface area contributed by atoms with Crippen LogP contribution in [0, 0.1) is 0 Å². The smallest absolute Gasteiger partial charge is 0.267 e.